The first-order valence-corrected chi connectivity index (χ1v) is 13.2. The summed E-state index contributed by atoms with van der Waals surface area (Å²) in [5.74, 6) is -3.63. The molecule has 8 nitrogen and oxygen atoms in total. The summed E-state index contributed by atoms with van der Waals surface area (Å²) in [5, 5.41) is 23.6. The van der Waals surface area contributed by atoms with Gasteiger partial charge in [0.25, 0.3) is 0 Å². The summed E-state index contributed by atoms with van der Waals surface area (Å²) in [6.07, 6.45) is -2.01. The quantitative estimate of drug-likeness (QED) is 0.524. The summed E-state index contributed by atoms with van der Waals surface area (Å²) in [7, 11) is 0. The van der Waals surface area contributed by atoms with Gasteiger partial charge in [0.15, 0.2) is 11.6 Å². The number of hydrogen-bond donors (Lipinski definition) is 2. The second-order valence-corrected chi connectivity index (χ2v) is 12.6. The van der Waals surface area contributed by atoms with Crippen molar-refractivity contribution in [3.8, 4) is 0 Å². The van der Waals surface area contributed by atoms with Crippen LogP contribution in [0.3, 0.4) is 0 Å². The van der Waals surface area contributed by atoms with E-state index < -0.39 is 59.1 Å². The van der Waals surface area contributed by atoms with E-state index in [2.05, 4.69) is 6.92 Å². The first-order valence-electron chi connectivity index (χ1n) is 13.2. The molecule has 3 saturated heterocycles. The normalized spacial score (nSPS) is 50.7. The van der Waals surface area contributed by atoms with Gasteiger partial charge >= 0.3 is 5.97 Å². The van der Waals surface area contributed by atoms with Crippen LogP contribution < -0.4 is 0 Å². The van der Waals surface area contributed by atoms with E-state index >= 15 is 0 Å². The monoisotopic (exact) mass is 500 g/mol. The molecule has 0 radical (unpaired) electrons. The Balaban J connectivity index is 2.12. The lowest BCUT2D eigenvalue weighted by Gasteiger charge is -2.54. The van der Waals surface area contributed by atoms with Gasteiger partial charge in [-0.3, -0.25) is 4.79 Å². The fraction of sp³-hybridized carbons (Fsp3) is 0.963. The molecule has 3 heterocycles. The van der Waals surface area contributed by atoms with Crippen LogP contribution in [0.2, 0.25) is 0 Å². The summed E-state index contributed by atoms with van der Waals surface area (Å²) in [6.45, 7) is 20.4. The molecule has 0 aromatic rings. The number of fused-ring (bicyclic) bond motifs is 4. The van der Waals surface area contributed by atoms with Gasteiger partial charge in [0, 0.05) is 11.8 Å². The maximum atomic E-state index is 13.4. The number of ether oxygens (including phenoxy) is 5. The highest BCUT2D eigenvalue weighted by molar-refractivity contribution is 5.73. The second kappa shape index (κ2) is 9.52. The lowest BCUT2D eigenvalue weighted by atomic mass is 9.72. The van der Waals surface area contributed by atoms with E-state index in [9.17, 15) is 15.0 Å². The highest BCUT2D eigenvalue weighted by atomic mass is 16.7. The molecule has 2 N–H and O–H groups in total. The zero-order valence-electron chi connectivity index (χ0n) is 23.5. The molecule has 0 unspecified atom stereocenters. The maximum absolute atomic E-state index is 13.4. The Bertz CT molecular complexity index is 775. The molecule has 204 valence electrons. The summed E-state index contributed by atoms with van der Waals surface area (Å²) in [5.41, 5.74) is -2.68. The number of rotatable bonds is 1. The van der Waals surface area contributed by atoms with Gasteiger partial charge in [0.2, 0.25) is 0 Å². The number of aliphatic hydroxyl groups is 2. The third-order valence-corrected chi connectivity index (χ3v) is 8.28. The minimum Gasteiger partial charge on any atom is -0.459 e. The maximum Gasteiger partial charge on any atom is 0.311 e. The van der Waals surface area contributed by atoms with Crippen molar-refractivity contribution in [3.63, 3.8) is 0 Å². The zero-order valence-corrected chi connectivity index (χ0v) is 23.5. The van der Waals surface area contributed by atoms with Gasteiger partial charge in [0.1, 0.15) is 11.7 Å². The summed E-state index contributed by atoms with van der Waals surface area (Å²) >= 11 is 0. The molecule has 11 atom stereocenters. The number of esters is 1. The van der Waals surface area contributed by atoms with Crippen molar-refractivity contribution in [2.75, 3.05) is 0 Å². The predicted molar refractivity (Wildman–Crippen MR) is 130 cm³/mol. The Kier molecular flexibility index (Phi) is 7.83. The number of cyclic esters (lactones) is 1. The highest BCUT2D eigenvalue weighted by Gasteiger charge is 2.57. The van der Waals surface area contributed by atoms with Crippen LogP contribution in [0.1, 0.15) is 89.0 Å². The van der Waals surface area contributed by atoms with Crippen LogP contribution in [0.4, 0.5) is 0 Å². The van der Waals surface area contributed by atoms with Gasteiger partial charge in [-0.25, -0.2) is 0 Å². The van der Waals surface area contributed by atoms with Crippen LogP contribution >= 0.6 is 0 Å². The van der Waals surface area contributed by atoms with E-state index in [1.54, 1.807) is 34.6 Å². The molecule has 0 aliphatic carbocycles. The highest BCUT2D eigenvalue weighted by Crippen LogP contribution is 2.46. The second-order valence-electron chi connectivity index (χ2n) is 12.6. The van der Waals surface area contributed by atoms with Crippen molar-refractivity contribution in [2.45, 2.75) is 142 Å². The first kappa shape index (κ1) is 28.8. The van der Waals surface area contributed by atoms with Gasteiger partial charge in [-0.15, -0.1) is 0 Å². The average molecular weight is 501 g/mol. The number of carbonyl (C=O) groups excluding carboxylic acids is 1. The Morgan fingerprint density at radius 2 is 1.29 bits per heavy atom. The van der Waals surface area contributed by atoms with E-state index in [-0.39, 0.29) is 23.9 Å². The smallest absolute Gasteiger partial charge is 0.311 e. The van der Waals surface area contributed by atoms with Crippen molar-refractivity contribution in [1.29, 1.82) is 0 Å². The minimum absolute atomic E-state index is 0.0790. The molecule has 35 heavy (non-hydrogen) atoms. The van der Waals surface area contributed by atoms with E-state index in [1.807, 2.05) is 34.6 Å². The van der Waals surface area contributed by atoms with Gasteiger partial charge < -0.3 is 33.9 Å². The zero-order chi connectivity index (χ0) is 26.7. The Morgan fingerprint density at radius 3 is 1.83 bits per heavy atom. The molecule has 0 amide bonds. The van der Waals surface area contributed by atoms with Crippen molar-refractivity contribution >= 4 is 5.97 Å². The minimum atomic E-state index is -1.46. The summed E-state index contributed by atoms with van der Waals surface area (Å²) < 4.78 is 31.1. The van der Waals surface area contributed by atoms with Crippen molar-refractivity contribution < 1.29 is 38.7 Å². The molecule has 4 bridgehead atoms. The fourth-order valence-corrected chi connectivity index (χ4v) is 6.70. The Morgan fingerprint density at radius 1 is 0.800 bits per heavy atom. The van der Waals surface area contributed by atoms with Crippen LogP contribution in [-0.4, -0.2) is 69.5 Å². The SMILES string of the molecule is CC[C@H]1OC(=O)[C@H](C)[C@H]2OC(C)(C)O[C@H]([C@H]2C)[C@](C)(O)C[C@@H](C)[C@@H]2OC(C)(C)O[C@H]([C@H]2C)[C@]1(C)O. The van der Waals surface area contributed by atoms with E-state index in [0.717, 1.165) is 0 Å². The molecular weight excluding hydrogens is 452 g/mol. The van der Waals surface area contributed by atoms with Gasteiger partial charge in [0.05, 0.1) is 35.9 Å². The summed E-state index contributed by atoms with van der Waals surface area (Å²) in [6, 6.07) is 0. The molecule has 0 aromatic heterocycles. The molecule has 3 aliphatic rings. The third-order valence-electron chi connectivity index (χ3n) is 8.28. The standard InChI is InChI=1S/C27H48O8/c1-12-18-27(11,30)22-15(3)19(32-24(6,7)35-22)14(2)13-26(10,29)21-16(4)20(17(5)23(28)31-18)33-25(8,9)34-21/h14-22,29-30H,12-13H2,1-11H3/t14-,15+,16+,17-,18-,19+,20+,21-,22-,26-,27-/m1/s1. The van der Waals surface area contributed by atoms with Crippen LogP contribution in [0.5, 0.6) is 0 Å². The average Bonchev–Trinajstić information content (AvgIpc) is 2.72. The van der Waals surface area contributed by atoms with Gasteiger partial charge in [-0.05, 0) is 67.2 Å². The van der Waals surface area contributed by atoms with Crippen molar-refractivity contribution in [3.05, 3.63) is 0 Å². The molecule has 8 heteroatoms. The molecule has 0 saturated carbocycles. The van der Waals surface area contributed by atoms with Crippen LogP contribution in [0.25, 0.3) is 0 Å². The fourth-order valence-electron chi connectivity index (χ4n) is 6.70. The molecule has 3 rings (SSSR count). The van der Waals surface area contributed by atoms with Crippen LogP contribution in [0, 0.1) is 23.7 Å². The molecule has 0 spiro atoms. The molecular formula is C27H48O8. The van der Waals surface area contributed by atoms with E-state index in [4.69, 9.17) is 23.7 Å². The first-order chi connectivity index (χ1) is 15.8. The number of carbonyl (C=O) groups is 1. The molecule has 0 aromatic carbocycles. The Labute approximate surface area is 211 Å². The summed E-state index contributed by atoms with van der Waals surface area (Å²) in [4.78, 5) is 13.4. The lowest BCUT2D eigenvalue weighted by molar-refractivity contribution is -0.367. The van der Waals surface area contributed by atoms with Gasteiger partial charge in [-0.2, -0.15) is 0 Å². The largest absolute Gasteiger partial charge is 0.459 e. The number of hydrogen-bond acceptors (Lipinski definition) is 8. The van der Waals surface area contributed by atoms with Crippen LogP contribution in [-0.2, 0) is 28.5 Å². The van der Waals surface area contributed by atoms with Gasteiger partial charge in [-0.1, -0.05) is 27.7 Å². The van der Waals surface area contributed by atoms with E-state index in [0.29, 0.717) is 12.8 Å². The lowest BCUT2D eigenvalue weighted by Crippen LogP contribution is -2.65. The predicted octanol–water partition coefficient (Wildman–Crippen LogP) is 3.80. The van der Waals surface area contributed by atoms with Crippen LogP contribution in [0.15, 0.2) is 0 Å². The van der Waals surface area contributed by atoms with Crippen molar-refractivity contribution in [2.24, 2.45) is 23.7 Å². The molecule has 3 aliphatic heterocycles. The Hall–Kier alpha value is -0.770. The third kappa shape index (κ3) is 5.58. The topological polar surface area (TPSA) is 104 Å². The van der Waals surface area contributed by atoms with Crippen molar-refractivity contribution in [1.82, 2.24) is 0 Å². The molecule has 3 fully saturated rings. The van der Waals surface area contributed by atoms with E-state index in [1.165, 1.54) is 0 Å².